The van der Waals surface area contributed by atoms with Crippen molar-refractivity contribution in [3.05, 3.63) is 57.0 Å². The van der Waals surface area contributed by atoms with Gasteiger partial charge in [-0.1, -0.05) is 46.6 Å². The molecule has 0 unspecified atom stereocenters. The molecule has 0 aromatic heterocycles. The summed E-state index contributed by atoms with van der Waals surface area (Å²) >= 11 is 18.8. The monoisotopic (exact) mass is 332 g/mol. The average molecular weight is 334 g/mol. The molecule has 0 saturated heterocycles. The lowest BCUT2D eigenvalue weighted by Crippen LogP contribution is -1.99. The maximum Gasteiger partial charge on any atom is 0.336 e. The standard InChI is InChI=1S/C13H7Cl3O2S/c14-7-1-3-8(4-2-7)19-12-6-11(16)10(15)5-9(12)13(17)18/h1-6H,(H,17,18). The summed E-state index contributed by atoms with van der Waals surface area (Å²) in [5, 5.41) is 10.3. The smallest absolute Gasteiger partial charge is 0.336 e. The van der Waals surface area contributed by atoms with Gasteiger partial charge in [-0.3, -0.25) is 0 Å². The van der Waals surface area contributed by atoms with Crippen molar-refractivity contribution in [3.63, 3.8) is 0 Å². The molecule has 0 amide bonds. The molecular formula is C13H7Cl3O2S. The van der Waals surface area contributed by atoms with Gasteiger partial charge in [0.25, 0.3) is 0 Å². The number of hydrogen-bond donors (Lipinski definition) is 1. The minimum atomic E-state index is -1.05. The van der Waals surface area contributed by atoms with Crippen molar-refractivity contribution in [3.8, 4) is 0 Å². The van der Waals surface area contributed by atoms with Gasteiger partial charge < -0.3 is 5.11 Å². The van der Waals surface area contributed by atoms with E-state index in [4.69, 9.17) is 39.9 Å². The summed E-state index contributed by atoms with van der Waals surface area (Å²) in [6, 6.07) is 9.99. The Kier molecular flexibility index (Phi) is 4.63. The largest absolute Gasteiger partial charge is 0.478 e. The summed E-state index contributed by atoms with van der Waals surface area (Å²) in [6.45, 7) is 0. The third kappa shape index (κ3) is 3.57. The van der Waals surface area contributed by atoms with E-state index in [0.29, 0.717) is 14.9 Å². The zero-order valence-electron chi connectivity index (χ0n) is 9.36. The van der Waals surface area contributed by atoms with Gasteiger partial charge in [0.2, 0.25) is 0 Å². The molecule has 0 atom stereocenters. The molecule has 6 heteroatoms. The van der Waals surface area contributed by atoms with Crippen LogP contribution in [-0.4, -0.2) is 11.1 Å². The number of carbonyl (C=O) groups is 1. The Morgan fingerprint density at radius 2 is 1.58 bits per heavy atom. The van der Waals surface area contributed by atoms with Crippen LogP contribution in [0, 0.1) is 0 Å². The van der Waals surface area contributed by atoms with Crippen molar-refractivity contribution in [2.45, 2.75) is 9.79 Å². The van der Waals surface area contributed by atoms with Crippen molar-refractivity contribution in [1.82, 2.24) is 0 Å². The molecule has 0 fully saturated rings. The highest BCUT2D eigenvalue weighted by atomic mass is 35.5. The maximum absolute atomic E-state index is 11.2. The van der Waals surface area contributed by atoms with E-state index in [9.17, 15) is 4.79 Å². The van der Waals surface area contributed by atoms with Crippen molar-refractivity contribution in [2.24, 2.45) is 0 Å². The summed E-state index contributed by atoms with van der Waals surface area (Å²) < 4.78 is 0. The molecule has 0 aliphatic rings. The first-order valence-corrected chi connectivity index (χ1v) is 7.08. The molecule has 0 aliphatic heterocycles. The molecule has 0 spiro atoms. The predicted octanol–water partition coefficient (Wildman–Crippen LogP) is 5.50. The second-order valence-corrected chi connectivity index (χ2v) is 5.99. The maximum atomic E-state index is 11.2. The van der Waals surface area contributed by atoms with E-state index in [0.717, 1.165) is 4.90 Å². The first kappa shape index (κ1) is 14.5. The molecule has 2 nitrogen and oxygen atoms in total. The molecule has 0 saturated carbocycles. The van der Waals surface area contributed by atoms with Crippen LogP contribution in [0.4, 0.5) is 0 Å². The quantitative estimate of drug-likeness (QED) is 0.806. The fourth-order valence-corrected chi connectivity index (χ4v) is 2.89. The SMILES string of the molecule is O=C(O)c1cc(Cl)c(Cl)cc1Sc1ccc(Cl)cc1. The van der Waals surface area contributed by atoms with Crippen LogP contribution in [0.2, 0.25) is 15.1 Å². The molecule has 98 valence electrons. The summed E-state index contributed by atoms with van der Waals surface area (Å²) in [7, 11) is 0. The van der Waals surface area contributed by atoms with E-state index in [2.05, 4.69) is 0 Å². The Labute approximate surface area is 129 Å². The summed E-state index contributed by atoms with van der Waals surface area (Å²) in [5.74, 6) is -1.05. The van der Waals surface area contributed by atoms with Crippen molar-refractivity contribution < 1.29 is 9.90 Å². The van der Waals surface area contributed by atoms with Crippen molar-refractivity contribution >= 4 is 52.5 Å². The zero-order valence-corrected chi connectivity index (χ0v) is 12.4. The fourth-order valence-electron chi connectivity index (χ4n) is 1.41. The van der Waals surface area contributed by atoms with E-state index >= 15 is 0 Å². The molecule has 0 aliphatic carbocycles. The molecule has 0 bridgehead atoms. The van der Waals surface area contributed by atoms with Crippen LogP contribution in [0.25, 0.3) is 0 Å². The van der Waals surface area contributed by atoms with Gasteiger partial charge in [-0.25, -0.2) is 4.79 Å². The Hall–Kier alpha value is -0.870. The lowest BCUT2D eigenvalue weighted by molar-refractivity contribution is 0.0693. The van der Waals surface area contributed by atoms with E-state index in [1.165, 1.54) is 17.8 Å². The summed E-state index contributed by atoms with van der Waals surface area (Å²) in [5.41, 5.74) is 0.120. The first-order valence-electron chi connectivity index (χ1n) is 5.13. The van der Waals surface area contributed by atoms with Gasteiger partial charge in [-0.05, 0) is 36.4 Å². The Morgan fingerprint density at radius 1 is 1.00 bits per heavy atom. The van der Waals surface area contributed by atoms with Gasteiger partial charge in [0.15, 0.2) is 0 Å². The van der Waals surface area contributed by atoms with E-state index in [1.807, 2.05) is 0 Å². The number of carboxylic acid groups (broad SMARTS) is 1. The average Bonchev–Trinajstić information content (AvgIpc) is 2.36. The minimum absolute atomic E-state index is 0.120. The summed E-state index contributed by atoms with van der Waals surface area (Å²) in [4.78, 5) is 12.6. The highest BCUT2D eigenvalue weighted by molar-refractivity contribution is 7.99. The molecule has 1 N–H and O–H groups in total. The van der Waals surface area contributed by atoms with E-state index in [1.54, 1.807) is 30.3 Å². The number of hydrogen-bond acceptors (Lipinski definition) is 2. The van der Waals surface area contributed by atoms with Gasteiger partial charge in [0, 0.05) is 14.8 Å². The predicted molar refractivity (Wildman–Crippen MR) is 79.0 cm³/mol. The molecular weight excluding hydrogens is 327 g/mol. The van der Waals surface area contributed by atoms with Crippen LogP contribution in [0.5, 0.6) is 0 Å². The van der Waals surface area contributed by atoms with Crippen LogP contribution in [0.15, 0.2) is 46.2 Å². The number of rotatable bonds is 3. The normalized spacial score (nSPS) is 10.5. The fraction of sp³-hybridized carbons (Fsp3) is 0. The van der Waals surface area contributed by atoms with Crippen LogP contribution >= 0.6 is 46.6 Å². The molecule has 2 rings (SSSR count). The van der Waals surface area contributed by atoms with Crippen LogP contribution < -0.4 is 0 Å². The molecule has 2 aromatic rings. The first-order chi connectivity index (χ1) is 8.97. The van der Waals surface area contributed by atoms with Crippen molar-refractivity contribution in [2.75, 3.05) is 0 Å². The van der Waals surface area contributed by atoms with E-state index in [-0.39, 0.29) is 10.6 Å². The highest BCUT2D eigenvalue weighted by Gasteiger charge is 2.14. The molecule has 2 aromatic carbocycles. The Balaban J connectivity index is 2.41. The third-order valence-corrected chi connectivity index (χ3v) is 4.33. The molecule has 0 heterocycles. The minimum Gasteiger partial charge on any atom is -0.478 e. The van der Waals surface area contributed by atoms with Gasteiger partial charge in [-0.15, -0.1) is 0 Å². The Bertz CT molecular complexity index is 627. The zero-order chi connectivity index (χ0) is 14.0. The highest BCUT2D eigenvalue weighted by Crippen LogP contribution is 2.36. The Morgan fingerprint density at radius 3 is 2.16 bits per heavy atom. The second kappa shape index (κ2) is 6.06. The van der Waals surface area contributed by atoms with E-state index < -0.39 is 5.97 Å². The number of aromatic carboxylic acids is 1. The van der Waals surface area contributed by atoms with Crippen LogP contribution in [-0.2, 0) is 0 Å². The van der Waals surface area contributed by atoms with Gasteiger partial charge in [-0.2, -0.15) is 0 Å². The molecule has 0 radical (unpaired) electrons. The number of halogens is 3. The number of carboxylic acids is 1. The van der Waals surface area contributed by atoms with Gasteiger partial charge in [0.05, 0.1) is 15.6 Å². The summed E-state index contributed by atoms with van der Waals surface area (Å²) in [6.07, 6.45) is 0. The third-order valence-electron chi connectivity index (χ3n) is 2.29. The van der Waals surface area contributed by atoms with Gasteiger partial charge in [0.1, 0.15) is 0 Å². The topological polar surface area (TPSA) is 37.3 Å². The lowest BCUT2D eigenvalue weighted by atomic mass is 10.2. The second-order valence-electron chi connectivity index (χ2n) is 3.62. The van der Waals surface area contributed by atoms with Crippen LogP contribution in [0.1, 0.15) is 10.4 Å². The number of benzene rings is 2. The molecule has 19 heavy (non-hydrogen) atoms. The lowest BCUT2D eigenvalue weighted by Gasteiger charge is -2.08. The van der Waals surface area contributed by atoms with Crippen LogP contribution in [0.3, 0.4) is 0 Å². The van der Waals surface area contributed by atoms with Gasteiger partial charge >= 0.3 is 5.97 Å². The van der Waals surface area contributed by atoms with Crippen molar-refractivity contribution in [1.29, 1.82) is 0 Å².